The van der Waals surface area contributed by atoms with Crippen LogP contribution in [0.25, 0.3) is 0 Å². The predicted molar refractivity (Wildman–Crippen MR) is 58.5 cm³/mol. The predicted octanol–water partition coefficient (Wildman–Crippen LogP) is 0.427. The minimum atomic E-state index is -4.74. The number of halogens is 4. The summed E-state index contributed by atoms with van der Waals surface area (Å²) in [5, 5.41) is 0. The van der Waals surface area contributed by atoms with Crippen LogP contribution in [0.1, 0.15) is 12.8 Å². The van der Waals surface area contributed by atoms with Crippen LogP contribution < -0.4 is 4.72 Å². The van der Waals surface area contributed by atoms with Gasteiger partial charge in [-0.1, -0.05) is 0 Å². The van der Waals surface area contributed by atoms with Crippen molar-refractivity contribution in [3.8, 4) is 0 Å². The van der Waals surface area contributed by atoms with E-state index in [1.54, 1.807) is 0 Å². The molecular weight excluding hydrogens is 292 g/mol. The summed E-state index contributed by atoms with van der Waals surface area (Å²) < 4.78 is 74.1. The average Bonchev–Trinajstić information content (AvgIpc) is 2.25. The Balaban J connectivity index is 2.72. The van der Waals surface area contributed by atoms with Crippen molar-refractivity contribution >= 4 is 15.9 Å². The normalized spacial score (nSPS) is 21.8. The van der Waals surface area contributed by atoms with E-state index in [4.69, 9.17) is 0 Å². The van der Waals surface area contributed by atoms with Gasteiger partial charge in [0.2, 0.25) is 10.0 Å². The second-order valence-electron chi connectivity index (χ2n) is 4.40. The van der Waals surface area contributed by atoms with Gasteiger partial charge in [-0.15, -0.1) is 0 Å². The topological polar surface area (TPSA) is 66.5 Å². The number of hydrogen-bond donors (Lipinski definition) is 1. The summed E-state index contributed by atoms with van der Waals surface area (Å²) in [4.78, 5) is 11.9. The maximum atomic E-state index is 12.9. The first-order valence-electron chi connectivity index (χ1n) is 5.46. The highest BCUT2D eigenvalue weighted by Crippen LogP contribution is 2.27. The zero-order valence-corrected chi connectivity index (χ0v) is 10.9. The summed E-state index contributed by atoms with van der Waals surface area (Å²) in [5.41, 5.74) is 0. The summed E-state index contributed by atoms with van der Waals surface area (Å²) in [6.07, 6.45) is -2.57. The summed E-state index contributed by atoms with van der Waals surface area (Å²) in [6.45, 7) is -0.433. The first-order chi connectivity index (χ1) is 8.54. The maximum Gasteiger partial charge on any atom is 0.383 e. The van der Waals surface area contributed by atoms with Gasteiger partial charge in [-0.2, -0.15) is 8.78 Å². The van der Waals surface area contributed by atoms with E-state index >= 15 is 0 Å². The Kier molecular flexibility index (Phi) is 4.77. The van der Waals surface area contributed by atoms with Crippen molar-refractivity contribution in [1.82, 2.24) is 9.62 Å². The molecule has 1 aliphatic rings. The van der Waals surface area contributed by atoms with Crippen LogP contribution in [-0.4, -0.2) is 57.0 Å². The molecule has 10 heteroatoms. The minimum absolute atomic E-state index is 0.0942. The van der Waals surface area contributed by atoms with Crippen LogP contribution in [0, 0.1) is 0 Å². The number of alkyl halides is 4. The number of rotatable bonds is 4. The molecule has 0 spiro atoms. The molecule has 1 fully saturated rings. The molecule has 1 rings (SSSR count). The number of piperidine rings is 1. The molecule has 0 bridgehead atoms. The number of likely N-dealkylation sites (tertiary alicyclic amines) is 1. The van der Waals surface area contributed by atoms with Gasteiger partial charge in [0.1, 0.15) is 0 Å². The molecule has 1 unspecified atom stereocenters. The van der Waals surface area contributed by atoms with Crippen molar-refractivity contribution in [1.29, 1.82) is 0 Å². The van der Waals surface area contributed by atoms with Gasteiger partial charge in [0.05, 0.1) is 6.26 Å². The number of hydrogen-bond acceptors (Lipinski definition) is 3. The van der Waals surface area contributed by atoms with Gasteiger partial charge in [-0.3, -0.25) is 4.79 Å². The summed E-state index contributed by atoms with van der Waals surface area (Å²) in [5.74, 6) is -6.71. The van der Waals surface area contributed by atoms with E-state index in [9.17, 15) is 30.8 Å². The van der Waals surface area contributed by atoms with Crippen LogP contribution >= 0.6 is 0 Å². The SMILES string of the molecule is CS(=O)(=O)NC1CCCN(C(=O)C(F)(F)C(F)F)C1. The summed E-state index contributed by atoms with van der Waals surface area (Å²) >= 11 is 0. The van der Waals surface area contributed by atoms with Crippen molar-refractivity contribution in [2.75, 3.05) is 19.3 Å². The van der Waals surface area contributed by atoms with Gasteiger partial charge in [0, 0.05) is 19.1 Å². The molecular formula is C9H14F4N2O3S. The number of carbonyl (C=O) groups is 1. The Morgan fingerprint density at radius 2 is 2.00 bits per heavy atom. The molecule has 0 aromatic carbocycles. The smallest absolute Gasteiger partial charge is 0.336 e. The minimum Gasteiger partial charge on any atom is -0.336 e. The average molecular weight is 306 g/mol. The third-order valence-electron chi connectivity index (χ3n) is 2.65. The van der Waals surface area contributed by atoms with Crippen LogP contribution in [0.2, 0.25) is 0 Å². The summed E-state index contributed by atoms with van der Waals surface area (Å²) in [6, 6.07) is -0.735. The molecule has 5 nitrogen and oxygen atoms in total. The molecule has 0 saturated carbocycles. The fourth-order valence-electron chi connectivity index (χ4n) is 1.86. The van der Waals surface area contributed by atoms with Crippen molar-refractivity contribution < 1.29 is 30.8 Å². The molecule has 112 valence electrons. The molecule has 1 heterocycles. The van der Waals surface area contributed by atoms with Crippen molar-refractivity contribution in [2.45, 2.75) is 31.2 Å². The second-order valence-corrected chi connectivity index (χ2v) is 6.18. The third kappa shape index (κ3) is 4.30. The Morgan fingerprint density at radius 3 is 2.47 bits per heavy atom. The van der Waals surface area contributed by atoms with Gasteiger partial charge >= 0.3 is 12.3 Å². The molecule has 1 amide bonds. The molecule has 0 aliphatic carbocycles. The van der Waals surface area contributed by atoms with Crippen LogP contribution in [-0.2, 0) is 14.8 Å². The number of carbonyl (C=O) groups excluding carboxylic acids is 1. The van der Waals surface area contributed by atoms with Crippen LogP contribution in [0.3, 0.4) is 0 Å². The van der Waals surface area contributed by atoms with Crippen LogP contribution in [0.15, 0.2) is 0 Å². The molecule has 1 N–H and O–H groups in total. The monoisotopic (exact) mass is 306 g/mol. The fourth-order valence-corrected chi connectivity index (χ4v) is 2.66. The number of amides is 1. The third-order valence-corrected chi connectivity index (χ3v) is 3.41. The highest BCUT2D eigenvalue weighted by atomic mass is 32.2. The number of nitrogens with zero attached hydrogens (tertiary/aromatic N) is 1. The van der Waals surface area contributed by atoms with E-state index in [1.165, 1.54) is 0 Å². The lowest BCUT2D eigenvalue weighted by Crippen LogP contribution is -2.55. The Hall–Kier alpha value is -0.900. The maximum absolute atomic E-state index is 12.9. The first kappa shape index (κ1) is 16.2. The lowest BCUT2D eigenvalue weighted by Gasteiger charge is -2.34. The highest BCUT2D eigenvalue weighted by molar-refractivity contribution is 7.88. The van der Waals surface area contributed by atoms with Crippen LogP contribution in [0.5, 0.6) is 0 Å². The van der Waals surface area contributed by atoms with Gasteiger partial charge in [-0.05, 0) is 12.8 Å². The molecule has 0 aromatic rings. The molecule has 19 heavy (non-hydrogen) atoms. The number of nitrogens with one attached hydrogen (secondary N) is 1. The molecule has 0 aromatic heterocycles. The van der Waals surface area contributed by atoms with Crippen molar-refractivity contribution in [3.05, 3.63) is 0 Å². The standard InChI is InChI=1S/C9H14F4N2O3S/c1-19(17,18)14-6-3-2-4-15(5-6)8(16)9(12,13)7(10)11/h6-7,14H,2-5H2,1H3. The Labute approximate surface area is 108 Å². The van der Waals surface area contributed by atoms with E-state index in [1.807, 2.05) is 0 Å². The van der Waals surface area contributed by atoms with Crippen LogP contribution in [0.4, 0.5) is 17.6 Å². The van der Waals surface area contributed by atoms with Gasteiger partial charge < -0.3 is 4.90 Å². The van der Waals surface area contributed by atoms with E-state index in [0.717, 1.165) is 6.26 Å². The Morgan fingerprint density at radius 1 is 1.42 bits per heavy atom. The molecule has 1 saturated heterocycles. The van der Waals surface area contributed by atoms with E-state index < -0.39 is 34.3 Å². The lowest BCUT2D eigenvalue weighted by molar-refractivity contribution is -0.181. The summed E-state index contributed by atoms with van der Waals surface area (Å²) in [7, 11) is -3.55. The lowest BCUT2D eigenvalue weighted by atomic mass is 10.1. The largest absolute Gasteiger partial charge is 0.383 e. The fraction of sp³-hybridized carbons (Fsp3) is 0.889. The molecule has 1 aliphatic heterocycles. The first-order valence-corrected chi connectivity index (χ1v) is 7.36. The van der Waals surface area contributed by atoms with Gasteiger partial charge in [-0.25, -0.2) is 21.9 Å². The zero-order chi connectivity index (χ0) is 14.8. The van der Waals surface area contributed by atoms with E-state index in [0.29, 0.717) is 11.3 Å². The molecule has 0 radical (unpaired) electrons. The van der Waals surface area contributed by atoms with E-state index in [-0.39, 0.29) is 19.5 Å². The number of sulfonamides is 1. The van der Waals surface area contributed by atoms with Crippen molar-refractivity contribution in [2.24, 2.45) is 0 Å². The Bertz CT molecular complexity index is 441. The van der Waals surface area contributed by atoms with Gasteiger partial charge in [0.25, 0.3) is 5.91 Å². The second kappa shape index (κ2) is 5.61. The van der Waals surface area contributed by atoms with E-state index in [2.05, 4.69) is 4.72 Å². The molecule has 1 atom stereocenters. The highest BCUT2D eigenvalue weighted by Gasteiger charge is 2.51. The van der Waals surface area contributed by atoms with Crippen molar-refractivity contribution in [3.63, 3.8) is 0 Å². The van der Waals surface area contributed by atoms with Gasteiger partial charge in [0.15, 0.2) is 0 Å². The zero-order valence-electron chi connectivity index (χ0n) is 10.1. The quantitative estimate of drug-likeness (QED) is 0.766.